The molecule has 2 aliphatic rings. The lowest BCUT2D eigenvalue weighted by Crippen LogP contribution is -2.37. The van der Waals surface area contributed by atoms with Crippen LogP contribution in [0, 0.1) is 0 Å². The molecule has 1 aliphatic heterocycles. The maximum Gasteiger partial charge on any atom is 0.123 e. The zero-order valence-corrected chi connectivity index (χ0v) is 11.6. The van der Waals surface area contributed by atoms with E-state index in [1.165, 1.54) is 49.7 Å². The summed E-state index contributed by atoms with van der Waals surface area (Å²) in [6.07, 6.45) is 7.88. The third-order valence-electron chi connectivity index (χ3n) is 3.90. The number of ether oxygens (including phenoxy) is 1. The molecule has 1 fully saturated rings. The van der Waals surface area contributed by atoms with Crippen LogP contribution in [-0.2, 0) is 12.8 Å². The fourth-order valence-electron chi connectivity index (χ4n) is 2.96. The first-order chi connectivity index (χ1) is 8.43. The Morgan fingerprint density at radius 3 is 2.83 bits per heavy atom. The van der Waals surface area contributed by atoms with E-state index in [-0.39, 0.29) is 12.4 Å². The lowest BCUT2D eigenvalue weighted by atomic mass is 9.91. The van der Waals surface area contributed by atoms with Crippen LogP contribution in [0.5, 0.6) is 5.75 Å². The summed E-state index contributed by atoms with van der Waals surface area (Å²) in [5.74, 6) is 1.15. The van der Waals surface area contributed by atoms with Gasteiger partial charge < -0.3 is 10.1 Å². The number of hydrogen-bond donors (Lipinski definition) is 1. The van der Waals surface area contributed by atoms with Gasteiger partial charge in [-0.2, -0.15) is 0 Å². The topological polar surface area (TPSA) is 21.3 Å². The van der Waals surface area contributed by atoms with Crippen LogP contribution in [0.3, 0.4) is 0 Å². The summed E-state index contributed by atoms with van der Waals surface area (Å²) in [6, 6.07) is 6.56. The van der Waals surface area contributed by atoms with Crippen molar-refractivity contribution in [3.8, 4) is 5.75 Å². The highest BCUT2D eigenvalue weighted by Gasteiger charge is 2.18. The Morgan fingerprint density at radius 2 is 2.00 bits per heavy atom. The molecule has 1 heterocycles. The predicted molar refractivity (Wildman–Crippen MR) is 76.9 cm³/mol. The molecule has 3 rings (SSSR count). The highest BCUT2D eigenvalue weighted by atomic mass is 35.5. The van der Waals surface area contributed by atoms with E-state index >= 15 is 0 Å². The van der Waals surface area contributed by atoms with Crippen LogP contribution in [0.2, 0.25) is 0 Å². The molecule has 1 N–H and O–H groups in total. The molecule has 1 atom stereocenters. The van der Waals surface area contributed by atoms with Gasteiger partial charge in [-0.05, 0) is 62.3 Å². The van der Waals surface area contributed by atoms with Crippen molar-refractivity contribution in [2.45, 2.75) is 44.6 Å². The Labute approximate surface area is 116 Å². The highest BCUT2D eigenvalue weighted by molar-refractivity contribution is 5.85. The minimum atomic E-state index is 0. The molecule has 1 saturated heterocycles. The Kier molecular flexibility index (Phi) is 4.90. The normalized spacial score (nSPS) is 22.8. The maximum absolute atomic E-state index is 6.19. The number of benzene rings is 1. The Bertz CT molecular complexity index is 388. The van der Waals surface area contributed by atoms with E-state index in [2.05, 4.69) is 23.5 Å². The Morgan fingerprint density at radius 1 is 1.11 bits per heavy atom. The van der Waals surface area contributed by atoms with Crippen LogP contribution in [-0.4, -0.2) is 19.2 Å². The molecule has 18 heavy (non-hydrogen) atoms. The van der Waals surface area contributed by atoms with Gasteiger partial charge in [-0.25, -0.2) is 0 Å². The van der Waals surface area contributed by atoms with E-state index in [9.17, 15) is 0 Å². The molecule has 1 aromatic rings. The van der Waals surface area contributed by atoms with E-state index in [1.807, 2.05) is 0 Å². The zero-order valence-electron chi connectivity index (χ0n) is 10.8. The summed E-state index contributed by atoms with van der Waals surface area (Å²) < 4.78 is 6.19. The van der Waals surface area contributed by atoms with E-state index in [4.69, 9.17) is 4.74 Å². The number of halogens is 1. The summed E-state index contributed by atoms with van der Waals surface area (Å²) in [5.41, 5.74) is 2.99. The Hall–Kier alpha value is -0.730. The molecule has 0 saturated carbocycles. The molecule has 3 heteroatoms. The van der Waals surface area contributed by atoms with Crippen molar-refractivity contribution in [2.75, 3.05) is 13.1 Å². The van der Waals surface area contributed by atoms with Crippen molar-refractivity contribution >= 4 is 12.4 Å². The van der Waals surface area contributed by atoms with Crippen molar-refractivity contribution in [1.82, 2.24) is 5.32 Å². The molecular weight excluding hydrogens is 246 g/mol. The summed E-state index contributed by atoms with van der Waals surface area (Å²) in [6.45, 7) is 2.15. The summed E-state index contributed by atoms with van der Waals surface area (Å²) >= 11 is 0. The standard InChI is InChI=1S/C15H21NO.ClH/c1-2-8-14-12(5-1)6-3-9-15(14)17-13-7-4-10-16-11-13;/h3,6,9,13,16H,1-2,4-5,7-8,10-11H2;1H. The van der Waals surface area contributed by atoms with Gasteiger partial charge in [0.05, 0.1) is 0 Å². The number of aryl methyl sites for hydroxylation is 1. The van der Waals surface area contributed by atoms with Crippen LogP contribution in [0.15, 0.2) is 18.2 Å². The third kappa shape index (κ3) is 2.99. The van der Waals surface area contributed by atoms with E-state index < -0.39 is 0 Å². The molecule has 1 aromatic carbocycles. The molecule has 0 bridgehead atoms. The van der Waals surface area contributed by atoms with Crippen molar-refractivity contribution in [1.29, 1.82) is 0 Å². The zero-order chi connectivity index (χ0) is 11.5. The van der Waals surface area contributed by atoms with Gasteiger partial charge in [-0.15, -0.1) is 12.4 Å². The van der Waals surface area contributed by atoms with E-state index in [0.29, 0.717) is 6.10 Å². The quantitative estimate of drug-likeness (QED) is 0.889. The fourth-order valence-corrected chi connectivity index (χ4v) is 2.96. The Balaban J connectivity index is 0.00000120. The van der Waals surface area contributed by atoms with Gasteiger partial charge in [0.25, 0.3) is 0 Å². The van der Waals surface area contributed by atoms with Crippen LogP contribution in [0.25, 0.3) is 0 Å². The molecule has 100 valence electrons. The average molecular weight is 268 g/mol. The van der Waals surface area contributed by atoms with Gasteiger partial charge in [-0.1, -0.05) is 12.1 Å². The SMILES string of the molecule is Cl.c1cc2c(c(OC3CCCNC3)c1)CCCC2. The second kappa shape index (κ2) is 6.44. The first kappa shape index (κ1) is 13.7. The van der Waals surface area contributed by atoms with Gasteiger partial charge in [-0.3, -0.25) is 0 Å². The highest BCUT2D eigenvalue weighted by Crippen LogP contribution is 2.30. The number of fused-ring (bicyclic) bond motifs is 1. The van der Waals surface area contributed by atoms with E-state index in [0.717, 1.165) is 18.8 Å². The molecule has 1 aliphatic carbocycles. The second-order valence-corrected chi connectivity index (χ2v) is 5.19. The fraction of sp³-hybridized carbons (Fsp3) is 0.600. The van der Waals surface area contributed by atoms with Crippen LogP contribution in [0.4, 0.5) is 0 Å². The molecule has 1 unspecified atom stereocenters. The second-order valence-electron chi connectivity index (χ2n) is 5.19. The molecule has 0 aromatic heterocycles. The lowest BCUT2D eigenvalue weighted by molar-refractivity contribution is 0.165. The minimum absolute atomic E-state index is 0. The van der Waals surface area contributed by atoms with Gasteiger partial charge in [0, 0.05) is 6.54 Å². The number of piperidine rings is 1. The maximum atomic E-state index is 6.19. The van der Waals surface area contributed by atoms with E-state index in [1.54, 1.807) is 0 Å². The molecule has 0 spiro atoms. The molecule has 2 nitrogen and oxygen atoms in total. The first-order valence-corrected chi connectivity index (χ1v) is 6.91. The number of nitrogens with one attached hydrogen (secondary N) is 1. The number of hydrogen-bond acceptors (Lipinski definition) is 2. The summed E-state index contributed by atoms with van der Waals surface area (Å²) in [7, 11) is 0. The van der Waals surface area contributed by atoms with Crippen LogP contribution >= 0.6 is 12.4 Å². The smallest absolute Gasteiger partial charge is 0.123 e. The van der Waals surface area contributed by atoms with Crippen molar-refractivity contribution in [3.05, 3.63) is 29.3 Å². The van der Waals surface area contributed by atoms with Crippen LogP contribution in [0.1, 0.15) is 36.8 Å². The summed E-state index contributed by atoms with van der Waals surface area (Å²) in [5, 5.41) is 3.41. The van der Waals surface area contributed by atoms with Crippen molar-refractivity contribution < 1.29 is 4.74 Å². The first-order valence-electron chi connectivity index (χ1n) is 6.91. The third-order valence-corrected chi connectivity index (χ3v) is 3.90. The van der Waals surface area contributed by atoms with Gasteiger partial charge in [0.15, 0.2) is 0 Å². The van der Waals surface area contributed by atoms with Crippen LogP contribution < -0.4 is 10.1 Å². The minimum Gasteiger partial charge on any atom is -0.489 e. The lowest BCUT2D eigenvalue weighted by Gasteiger charge is -2.27. The molecular formula is C15H22ClNO. The van der Waals surface area contributed by atoms with Gasteiger partial charge in [0.1, 0.15) is 11.9 Å². The average Bonchev–Trinajstić information content (AvgIpc) is 2.40. The molecule has 0 amide bonds. The monoisotopic (exact) mass is 267 g/mol. The molecule has 0 radical (unpaired) electrons. The van der Waals surface area contributed by atoms with Gasteiger partial charge >= 0.3 is 0 Å². The van der Waals surface area contributed by atoms with Crippen molar-refractivity contribution in [2.24, 2.45) is 0 Å². The van der Waals surface area contributed by atoms with Gasteiger partial charge in [0.2, 0.25) is 0 Å². The summed E-state index contributed by atoms with van der Waals surface area (Å²) in [4.78, 5) is 0. The predicted octanol–water partition coefficient (Wildman–Crippen LogP) is 3.12. The largest absolute Gasteiger partial charge is 0.489 e. The number of rotatable bonds is 2. The van der Waals surface area contributed by atoms with Crippen molar-refractivity contribution in [3.63, 3.8) is 0 Å².